The third kappa shape index (κ3) is 4.22. The number of carbonyl (C=O) groups excluding carboxylic acids is 1. The van der Waals surface area contributed by atoms with Crippen LogP contribution in [0.4, 0.5) is 17.2 Å². The molecule has 6 N–H and O–H groups in total. The molecule has 2 aromatic heterocycles. The Hall–Kier alpha value is -4.12. The van der Waals surface area contributed by atoms with E-state index in [1.54, 1.807) is 12.4 Å². The first kappa shape index (κ1) is 22.4. The van der Waals surface area contributed by atoms with E-state index in [0.29, 0.717) is 16.3 Å². The van der Waals surface area contributed by atoms with Crippen molar-refractivity contribution in [3.63, 3.8) is 0 Å². The van der Waals surface area contributed by atoms with Gasteiger partial charge in [0.15, 0.2) is 16.6 Å². The van der Waals surface area contributed by atoms with Crippen molar-refractivity contribution < 1.29 is 20.0 Å². The molecule has 2 fully saturated rings. The lowest BCUT2D eigenvalue weighted by molar-refractivity contribution is -0.367. The van der Waals surface area contributed by atoms with Gasteiger partial charge in [0.05, 0.1) is 31.7 Å². The number of carbonyl (C=O) groups is 1. The van der Waals surface area contributed by atoms with Crippen LogP contribution in [0.3, 0.4) is 0 Å². The molecule has 0 atom stereocenters. The lowest BCUT2D eigenvalue weighted by Crippen LogP contribution is -2.51. The number of thiocarbonyl (C=S) groups is 1. The highest BCUT2D eigenvalue weighted by molar-refractivity contribution is 7.80. The van der Waals surface area contributed by atoms with Gasteiger partial charge in [-0.1, -0.05) is 4.98 Å². The Kier molecular flexibility index (Phi) is 5.48. The number of fused-ring (bicyclic) bond motifs is 3. The smallest absolute Gasteiger partial charge is 0.234 e. The molecule has 36 heavy (non-hydrogen) atoms. The Bertz CT molecular complexity index is 1470. The van der Waals surface area contributed by atoms with Gasteiger partial charge in [-0.05, 0) is 55.4 Å². The number of piperazine rings is 1. The molecule has 6 rings (SSSR count). The van der Waals surface area contributed by atoms with Crippen molar-refractivity contribution in [2.75, 3.05) is 41.7 Å². The highest BCUT2D eigenvalue weighted by Gasteiger charge is 2.30. The van der Waals surface area contributed by atoms with E-state index in [2.05, 4.69) is 35.4 Å². The minimum absolute atomic E-state index is 0.0930. The van der Waals surface area contributed by atoms with E-state index in [-0.39, 0.29) is 23.3 Å². The van der Waals surface area contributed by atoms with E-state index < -0.39 is 0 Å². The van der Waals surface area contributed by atoms with E-state index in [9.17, 15) is 15.0 Å². The second-order valence-electron chi connectivity index (χ2n) is 9.23. The molecule has 1 aliphatic heterocycles. The van der Waals surface area contributed by atoms with Crippen molar-refractivity contribution in [1.82, 2.24) is 14.9 Å². The normalized spacial score (nSPS) is 15.9. The summed E-state index contributed by atoms with van der Waals surface area (Å²) in [6, 6.07) is 10.7. The third-order valence-electron chi connectivity index (χ3n) is 6.74. The SMILES string of the molecule is O=C(Nc1ccc(NC(=S)N2CCN(c3[nH+]cnc4[nH]c5cc(O)c(O)cc5c34)CC2)cc1)C1CC1. The number of rotatable bonds is 4. The highest BCUT2D eigenvalue weighted by Crippen LogP contribution is 2.36. The van der Waals surface area contributed by atoms with Crippen molar-refractivity contribution in [3.8, 4) is 11.5 Å². The van der Waals surface area contributed by atoms with Gasteiger partial charge in [0.1, 0.15) is 5.39 Å². The van der Waals surface area contributed by atoms with Gasteiger partial charge in [0, 0.05) is 28.7 Å². The van der Waals surface area contributed by atoms with Crippen LogP contribution in [0.2, 0.25) is 0 Å². The van der Waals surface area contributed by atoms with Gasteiger partial charge in [-0.2, -0.15) is 0 Å². The molecule has 11 heteroatoms. The van der Waals surface area contributed by atoms with Crippen molar-refractivity contribution in [3.05, 3.63) is 42.7 Å². The fourth-order valence-corrected chi connectivity index (χ4v) is 4.88. The number of hydrogen-bond acceptors (Lipinski definition) is 6. The van der Waals surface area contributed by atoms with Crippen LogP contribution >= 0.6 is 12.2 Å². The Labute approximate surface area is 212 Å². The van der Waals surface area contributed by atoms with Crippen LogP contribution in [-0.4, -0.2) is 62.3 Å². The van der Waals surface area contributed by atoms with Gasteiger partial charge < -0.3 is 30.7 Å². The molecular formula is C25H26N7O3S+. The molecule has 2 aliphatic rings. The maximum Gasteiger partial charge on any atom is 0.234 e. The Morgan fingerprint density at radius 2 is 1.69 bits per heavy atom. The predicted octanol–water partition coefficient (Wildman–Crippen LogP) is 2.81. The number of hydrogen-bond donors (Lipinski definition) is 5. The standard InChI is InChI=1S/C25H25N7O3S/c33-19-11-17-18(12-20(19)34)30-22-21(17)23(27-13-26-22)31-7-9-32(10-8-31)25(36)29-16-5-3-15(4-6-16)28-24(35)14-1-2-14/h3-6,11-14,33-34H,1-2,7-10H2,(H,28,35)(H,29,36)(H,26,27,30)/p+1. The van der Waals surface area contributed by atoms with Crippen LogP contribution in [0.1, 0.15) is 12.8 Å². The quantitative estimate of drug-likeness (QED) is 0.212. The molecular weight excluding hydrogens is 478 g/mol. The van der Waals surface area contributed by atoms with Gasteiger partial charge in [-0.3, -0.25) is 9.69 Å². The summed E-state index contributed by atoms with van der Waals surface area (Å²) in [6.07, 6.45) is 3.60. The molecule has 0 bridgehead atoms. The molecule has 3 heterocycles. The minimum Gasteiger partial charge on any atom is -0.504 e. The highest BCUT2D eigenvalue weighted by atomic mass is 32.1. The van der Waals surface area contributed by atoms with Crippen LogP contribution in [-0.2, 0) is 4.79 Å². The number of aromatic hydroxyl groups is 2. The van der Waals surface area contributed by atoms with E-state index in [1.807, 2.05) is 24.3 Å². The number of nitrogens with zero attached hydrogens (tertiary/aromatic N) is 3. The zero-order chi connectivity index (χ0) is 24.8. The van der Waals surface area contributed by atoms with Crippen molar-refractivity contribution >= 4 is 62.4 Å². The van der Waals surface area contributed by atoms with E-state index in [1.165, 1.54) is 6.07 Å². The summed E-state index contributed by atoms with van der Waals surface area (Å²) < 4.78 is 0. The summed E-state index contributed by atoms with van der Waals surface area (Å²) in [6.45, 7) is 2.93. The van der Waals surface area contributed by atoms with Crippen LogP contribution in [0, 0.1) is 5.92 Å². The first-order valence-electron chi connectivity index (χ1n) is 11.9. The topological polar surface area (TPSA) is 131 Å². The number of aromatic amines is 2. The van der Waals surface area contributed by atoms with Gasteiger partial charge >= 0.3 is 0 Å². The molecule has 1 saturated heterocycles. The molecule has 1 saturated carbocycles. The lowest BCUT2D eigenvalue weighted by atomic mass is 10.1. The number of benzene rings is 2. The summed E-state index contributed by atoms with van der Waals surface area (Å²) in [5, 5.41) is 28.5. The second kappa shape index (κ2) is 8.83. The van der Waals surface area contributed by atoms with Gasteiger partial charge in [-0.15, -0.1) is 0 Å². The van der Waals surface area contributed by atoms with E-state index >= 15 is 0 Å². The molecule has 1 amide bonds. The van der Waals surface area contributed by atoms with Gasteiger partial charge in [0.25, 0.3) is 0 Å². The number of nitrogens with one attached hydrogen (secondary N) is 4. The van der Waals surface area contributed by atoms with Gasteiger partial charge in [-0.25, -0.2) is 4.98 Å². The molecule has 10 nitrogen and oxygen atoms in total. The molecule has 1 aliphatic carbocycles. The predicted molar refractivity (Wildman–Crippen MR) is 141 cm³/mol. The number of aromatic nitrogens is 3. The minimum atomic E-state index is -0.174. The largest absolute Gasteiger partial charge is 0.504 e. The van der Waals surface area contributed by atoms with Crippen LogP contribution in [0.5, 0.6) is 11.5 Å². The third-order valence-corrected chi connectivity index (χ3v) is 7.10. The van der Waals surface area contributed by atoms with Crippen LogP contribution in [0.15, 0.2) is 42.7 Å². The second-order valence-corrected chi connectivity index (χ2v) is 9.62. The van der Waals surface area contributed by atoms with E-state index in [4.69, 9.17) is 12.2 Å². The van der Waals surface area contributed by atoms with E-state index in [0.717, 1.165) is 67.0 Å². The number of H-pyrrole nitrogens is 2. The molecule has 2 aromatic carbocycles. The van der Waals surface area contributed by atoms with Gasteiger partial charge in [0.2, 0.25) is 23.7 Å². The van der Waals surface area contributed by atoms with Crippen molar-refractivity contribution in [2.45, 2.75) is 12.8 Å². The zero-order valence-corrected chi connectivity index (χ0v) is 20.2. The fourth-order valence-electron chi connectivity index (χ4n) is 4.58. The first-order valence-corrected chi connectivity index (χ1v) is 12.3. The monoisotopic (exact) mass is 504 g/mol. The summed E-state index contributed by atoms with van der Waals surface area (Å²) in [5.74, 6) is 0.824. The lowest BCUT2D eigenvalue weighted by Gasteiger charge is -2.34. The van der Waals surface area contributed by atoms with Crippen LogP contribution in [0.25, 0.3) is 21.9 Å². The molecule has 0 spiro atoms. The maximum atomic E-state index is 11.9. The summed E-state index contributed by atoms with van der Waals surface area (Å²) in [4.78, 5) is 27.2. The summed E-state index contributed by atoms with van der Waals surface area (Å²) in [7, 11) is 0. The maximum absolute atomic E-state index is 11.9. The zero-order valence-electron chi connectivity index (χ0n) is 19.4. The number of phenolic OH excluding ortho intramolecular Hbond substituents is 2. The molecule has 4 aromatic rings. The average molecular weight is 505 g/mol. The fraction of sp³-hybridized carbons (Fsp3) is 0.280. The van der Waals surface area contributed by atoms with Crippen molar-refractivity contribution in [2.24, 2.45) is 5.92 Å². The molecule has 184 valence electrons. The first-order chi connectivity index (χ1) is 17.5. The van der Waals surface area contributed by atoms with Crippen molar-refractivity contribution in [1.29, 1.82) is 0 Å². The average Bonchev–Trinajstić information content (AvgIpc) is 3.68. The Balaban J connectivity index is 1.12. The summed E-state index contributed by atoms with van der Waals surface area (Å²) in [5.41, 5.74) is 3.05. The Morgan fingerprint density at radius 3 is 2.39 bits per heavy atom. The summed E-state index contributed by atoms with van der Waals surface area (Å²) >= 11 is 5.66. The number of phenols is 2. The molecule has 0 unspecified atom stereocenters. The van der Waals surface area contributed by atoms with Crippen LogP contribution < -0.4 is 20.5 Å². The number of amides is 1. The molecule has 0 radical (unpaired) electrons. The Morgan fingerprint density at radius 1 is 1.03 bits per heavy atom. The number of anilines is 3.